The Hall–Kier alpha value is -3.24. The maximum Gasteiger partial charge on any atom is 0.0991 e. The summed E-state index contributed by atoms with van der Waals surface area (Å²) in [5.41, 5.74) is 12.7. The van der Waals surface area contributed by atoms with Crippen LogP contribution < -0.4 is 0 Å². The number of benzene rings is 5. The fourth-order valence-electron chi connectivity index (χ4n) is 7.15. The van der Waals surface area contributed by atoms with Gasteiger partial charge < -0.3 is 0 Å². The number of rotatable bonds is 8. The Morgan fingerprint density at radius 3 is 1.56 bits per heavy atom. The molecule has 0 aromatic heterocycles. The molecule has 250 valence electrons. The average Bonchev–Trinajstić information content (AvgIpc) is 3.52. The summed E-state index contributed by atoms with van der Waals surface area (Å²) in [6.45, 7) is 14.8. The van der Waals surface area contributed by atoms with Gasteiger partial charge >= 0.3 is 0 Å². The summed E-state index contributed by atoms with van der Waals surface area (Å²) in [6, 6.07) is 40.5. The lowest BCUT2D eigenvalue weighted by Gasteiger charge is -2.31. The summed E-state index contributed by atoms with van der Waals surface area (Å²) in [4.78, 5) is 2.72. The van der Waals surface area contributed by atoms with Crippen molar-refractivity contribution < 1.29 is 0 Å². The minimum absolute atomic E-state index is 0.436. The van der Waals surface area contributed by atoms with Crippen LogP contribution in [0.15, 0.2) is 111 Å². The van der Waals surface area contributed by atoms with Crippen molar-refractivity contribution >= 4 is 55.6 Å². The van der Waals surface area contributed by atoms with Crippen LogP contribution in [0.4, 0.5) is 0 Å². The van der Waals surface area contributed by atoms with E-state index in [9.17, 15) is 5.26 Å². The third kappa shape index (κ3) is 6.86. The van der Waals surface area contributed by atoms with E-state index in [1.54, 1.807) is 0 Å². The van der Waals surface area contributed by atoms with Crippen molar-refractivity contribution in [3.05, 3.63) is 140 Å². The number of halogens is 1. The molecule has 0 unspecified atom stereocenters. The second-order valence-electron chi connectivity index (χ2n) is 15.9. The largest absolute Gasteiger partial charge is 0.192 e. The number of thioether (sulfide) groups is 2. The fourth-order valence-corrected chi connectivity index (χ4v) is 14.4. The van der Waals surface area contributed by atoms with Gasteiger partial charge in [0, 0.05) is 41.5 Å². The lowest BCUT2D eigenvalue weighted by atomic mass is 9.70. The van der Waals surface area contributed by atoms with Crippen molar-refractivity contribution in [1.29, 1.82) is 5.26 Å². The molecule has 2 aliphatic rings. The molecule has 0 saturated heterocycles. The number of nitrogens with zero attached hydrogens (tertiary/aromatic N) is 1. The molecule has 5 aromatic carbocycles. The van der Waals surface area contributed by atoms with Gasteiger partial charge in [-0.25, -0.2) is 0 Å². The second kappa shape index (κ2) is 13.7. The zero-order chi connectivity index (χ0) is 35.3. The number of hydrogen-bond acceptors (Lipinski definition) is 3. The van der Waals surface area contributed by atoms with Crippen molar-refractivity contribution in [2.24, 2.45) is 0 Å². The summed E-state index contributed by atoms with van der Waals surface area (Å²) in [7, 11) is -2.24. The summed E-state index contributed by atoms with van der Waals surface area (Å²) in [5, 5.41) is 9.23. The van der Waals surface area contributed by atoms with Gasteiger partial charge in [-0.15, -0.1) is 23.5 Å². The van der Waals surface area contributed by atoms with Crippen LogP contribution in [-0.2, 0) is 5.41 Å². The first-order chi connectivity index (χ1) is 23.9. The molecule has 0 radical (unpaired) electrons. The van der Waals surface area contributed by atoms with Gasteiger partial charge in [-0.05, 0) is 141 Å². The molecule has 2 aliphatic carbocycles. The van der Waals surface area contributed by atoms with Gasteiger partial charge in [0.15, 0.2) is 0 Å². The van der Waals surface area contributed by atoms with Crippen LogP contribution in [0.25, 0.3) is 22.3 Å². The lowest BCUT2D eigenvalue weighted by Crippen LogP contribution is -2.26. The minimum atomic E-state index is -1.12. The number of nitriles is 1. The highest BCUT2D eigenvalue weighted by Gasteiger charge is 2.52. The Balaban J connectivity index is 1.40. The first-order valence-corrected chi connectivity index (χ1v) is 27.6. The van der Waals surface area contributed by atoms with E-state index in [0.717, 1.165) is 15.6 Å². The fraction of sp³-hybridized carbons (Fsp3) is 0.250. The molecule has 0 amide bonds. The Bertz CT molecular complexity index is 2160. The Labute approximate surface area is 317 Å². The molecule has 0 N–H and O–H groups in total. The van der Waals surface area contributed by atoms with Gasteiger partial charge in [-0.1, -0.05) is 91.3 Å². The van der Waals surface area contributed by atoms with Crippen LogP contribution in [0, 0.1) is 23.2 Å². The highest BCUT2D eigenvalue weighted by atomic mass is 79.9. The third-order valence-corrected chi connectivity index (χ3v) is 16.5. The molecule has 5 aromatic rings. The Morgan fingerprint density at radius 1 is 0.540 bits per heavy atom. The average molecular weight is 785 g/mol. The van der Waals surface area contributed by atoms with Crippen LogP contribution in [0.3, 0.4) is 0 Å². The molecular formula is C44H42BrNS2Si2. The minimum Gasteiger partial charge on any atom is -0.192 e. The van der Waals surface area contributed by atoms with Gasteiger partial charge in [0.25, 0.3) is 0 Å². The molecule has 0 fully saturated rings. The van der Waals surface area contributed by atoms with Crippen LogP contribution in [-0.4, -0.2) is 27.7 Å². The highest BCUT2D eigenvalue weighted by Crippen LogP contribution is 2.63. The van der Waals surface area contributed by atoms with Crippen LogP contribution >= 0.6 is 39.5 Å². The van der Waals surface area contributed by atoms with E-state index in [4.69, 9.17) is 0 Å². The monoisotopic (exact) mass is 783 g/mol. The van der Waals surface area contributed by atoms with E-state index in [1.165, 1.54) is 77.9 Å². The molecular weight excluding hydrogens is 743 g/mol. The van der Waals surface area contributed by atoms with Gasteiger partial charge in [0.2, 0.25) is 0 Å². The van der Waals surface area contributed by atoms with Crippen molar-refractivity contribution in [2.75, 3.05) is 11.5 Å². The zero-order valence-electron chi connectivity index (χ0n) is 29.7. The van der Waals surface area contributed by atoms with Crippen LogP contribution in [0.1, 0.15) is 38.9 Å². The quantitative estimate of drug-likeness (QED) is 0.0871. The topological polar surface area (TPSA) is 23.8 Å². The molecule has 0 heterocycles. The SMILES string of the molecule is C[Si](C)(C)CCSc1ccc2c(c1)-c1cc(SCC[Si](C)(C)C)ccc1C21c2cc(Br)ccc2-c2ccc(C#Cc3ccc(C#N)cc3)cc21. The van der Waals surface area contributed by atoms with Gasteiger partial charge in [-0.3, -0.25) is 0 Å². The zero-order valence-corrected chi connectivity index (χ0v) is 34.9. The van der Waals surface area contributed by atoms with Gasteiger partial charge in [0.1, 0.15) is 0 Å². The maximum absolute atomic E-state index is 9.23. The Kier molecular flexibility index (Phi) is 9.65. The number of hydrogen-bond donors (Lipinski definition) is 0. The molecule has 1 nitrogen and oxygen atoms in total. The molecule has 1 spiro atoms. The molecule has 7 rings (SSSR count). The van der Waals surface area contributed by atoms with Crippen molar-refractivity contribution in [3.63, 3.8) is 0 Å². The summed E-state index contributed by atoms with van der Waals surface area (Å²) >= 11 is 7.89. The van der Waals surface area contributed by atoms with Crippen molar-refractivity contribution in [1.82, 2.24) is 0 Å². The smallest absolute Gasteiger partial charge is 0.0991 e. The molecule has 0 aliphatic heterocycles. The van der Waals surface area contributed by atoms with Crippen LogP contribution in [0.2, 0.25) is 51.4 Å². The van der Waals surface area contributed by atoms with Crippen molar-refractivity contribution in [2.45, 2.75) is 66.6 Å². The van der Waals surface area contributed by atoms with E-state index in [-0.39, 0.29) is 0 Å². The maximum atomic E-state index is 9.23. The highest BCUT2D eigenvalue weighted by molar-refractivity contribution is 9.10. The Morgan fingerprint density at radius 2 is 1.02 bits per heavy atom. The van der Waals surface area contributed by atoms with E-state index < -0.39 is 21.6 Å². The summed E-state index contributed by atoms with van der Waals surface area (Å²) in [6.07, 6.45) is 0. The third-order valence-electron chi connectivity index (χ3n) is 9.79. The normalized spacial score (nSPS) is 13.6. The molecule has 0 atom stereocenters. The van der Waals surface area contributed by atoms with Crippen molar-refractivity contribution in [3.8, 4) is 40.2 Å². The second-order valence-corrected chi connectivity index (χ2v) is 30.4. The predicted molar refractivity (Wildman–Crippen MR) is 225 cm³/mol. The number of fused-ring (bicyclic) bond motifs is 10. The van der Waals surface area contributed by atoms with Gasteiger partial charge in [-0.2, -0.15) is 5.26 Å². The van der Waals surface area contributed by atoms with Crippen LogP contribution in [0.5, 0.6) is 0 Å². The first-order valence-electron chi connectivity index (χ1n) is 17.4. The molecule has 6 heteroatoms. The standard InChI is InChI=1S/C44H42BrNS2Si2/c1-49(2,3)23-21-47-34-15-19-40-38(27-34)39-28-35(48-22-24-50(4,5)6)16-20-41(39)44(40)42-25-31(10-7-30-8-11-32(29-46)12-9-30)13-17-36(42)37-18-14-33(45)26-43(37)44/h8-9,11-20,25-28H,21-24H2,1-6H3. The van der Waals surface area contributed by atoms with E-state index in [2.05, 4.69) is 146 Å². The predicted octanol–water partition coefficient (Wildman–Crippen LogP) is 12.9. The van der Waals surface area contributed by atoms with E-state index >= 15 is 0 Å². The van der Waals surface area contributed by atoms with Gasteiger partial charge in [0.05, 0.1) is 17.0 Å². The van der Waals surface area contributed by atoms with E-state index in [1.807, 2.05) is 47.8 Å². The first kappa shape index (κ1) is 35.2. The van der Waals surface area contributed by atoms with E-state index in [0.29, 0.717) is 5.56 Å². The molecule has 0 bridgehead atoms. The molecule has 0 saturated carbocycles. The molecule has 50 heavy (non-hydrogen) atoms. The summed E-state index contributed by atoms with van der Waals surface area (Å²) in [5.74, 6) is 9.16. The summed E-state index contributed by atoms with van der Waals surface area (Å²) < 4.78 is 1.09. The lowest BCUT2D eigenvalue weighted by molar-refractivity contribution is 0.791.